The van der Waals surface area contributed by atoms with Gasteiger partial charge in [-0.15, -0.1) is 0 Å². The number of halogens is 1. The fraction of sp³-hybridized carbons (Fsp3) is 0.176. The maximum Gasteiger partial charge on any atom is 0.313 e. The Hall–Kier alpha value is -2.23. The third-order valence-electron chi connectivity index (χ3n) is 3.48. The van der Waals surface area contributed by atoms with Crippen molar-refractivity contribution in [1.82, 2.24) is 9.62 Å². The molecule has 0 saturated carbocycles. The lowest BCUT2D eigenvalue weighted by molar-refractivity contribution is -0.136. The van der Waals surface area contributed by atoms with Crippen LogP contribution in [0.25, 0.3) is 0 Å². The molecule has 2 aromatic rings. The van der Waals surface area contributed by atoms with Crippen LogP contribution in [0.3, 0.4) is 0 Å². The SMILES string of the molecule is CN(C)S(=O)(=O)c1ccc(CNC(=O)C(=O)Nc2ccccc2Br)cc1. The molecule has 0 fully saturated rings. The standard InChI is InChI=1S/C17H18BrN3O4S/c1-21(2)26(24,25)13-9-7-12(8-10-13)11-19-16(22)17(23)20-15-6-4-3-5-14(15)18/h3-10H,11H2,1-2H3,(H,19,22)(H,20,23). The summed E-state index contributed by atoms with van der Waals surface area (Å²) in [5.74, 6) is -1.57. The Morgan fingerprint density at radius 3 is 2.19 bits per heavy atom. The van der Waals surface area contributed by atoms with E-state index in [1.54, 1.807) is 36.4 Å². The molecule has 0 atom stereocenters. The van der Waals surface area contributed by atoms with Gasteiger partial charge in [-0.25, -0.2) is 12.7 Å². The topological polar surface area (TPSA) is 95.6 Å². The molecule has 7 nitrogen and oxygen atoms in total. The minimum absolute atomic E-state index is 0.102. The average Bonchev–Trinajstić information content (AvgIpc) is 2.61. The molecule has 2 rings (SSSR count). The van der Waals surface area contributed by atoms with E-state index in [0.717, 1.165) is 4.31 Å². The molecule has 0 saturated heterocycles. The smallest absolute Gasteiger partial charge is 0.313 e. The van der Waals surface area contributed by atoms with Gasteiger partial charge in [0.05, 0.1) is 10.6 Å². The maximum atomic E-state index is 12.0. The lowest BCUT2D eigenvalue weighted by atomic mass is 10.2. The number of para-hydroxylation sites is 1. The molecule has 26 heavy (non-hydrogen) atoms. The van der Waals surface area contributed by atoms with Crippen LogP contribution in [0.5, 0.6) is 0 Å². The van der Waals surface area contributed by atoms with E-state index >= 15 is 0 Å². The van der Waals surface area contributed by atoms with Crippen molar-refractivity contribution in [3.05, 3.63) is 58.6 Å². The van der Waals surface area contributed by atoms with Crippen molar-refractivity contribution in [3.8, 4) is 0 Å². The van der Waals surface area contributed by atoms with Gasteiger partial charge < -0.3 is 10.6 Å². The first-order chi connectivity index (χ1) is 12.2. The summed E-state index contributed by atoms with van der Waals surface area (Å²) in [6.45, 7) is 0.102. The minimum atomic E-state index is -3.50. The van der Waals surface area contributed by atoms with Gasteiger partial charge in [0.15, 0.2) is 0 Å². The van der Waals surface area contributed by atoms with Crippen molar-refractivity contribution in [2.45, 2.75) is 11.4 Å². The Kier molecular flexibility index (Phi) is 6.52. The average molecular weight is 440 g/mol. The highest BCUT2D eigenvalue weighted by Gasteiger charge is 2.17. The van der Waals surface area contributed by atoms with Crippen molar-refractivity contribution in [1.29, 1.82) is 0 Å². The highest BCUT2D eigenvalue weighted by molar-refractivity contribution is 9.10. The van der Waals surface area contributed by atoms with Crippen LogP contribution in [0.4, 0.5) is 5.69 Å². The van der Waals surface area contributed by atoms with Gasteiger partial charge in [0, 0.05) is 25.1 Å². The lowest BCUT2D eigenvalue weighted by Gasteiger charge is -2.12. The van der Waals surface area contributed by atoms with E-state index < -0.39 is 21.8 Å². The van der Waals surface area contributed by atoms with Gasteiger partial charge in [0.25, 0.3) is 0 Å². The summed E-state index contributed by atoms with van der Waals surface area (Å²) in [4.78, 5) is 24.0. The summed E-state index contributed by atoms with van der Waals surface area (Å²) in [6, 6.07) is 13.0. The van der Waals surface area contributed by atoms with Gasteiger partial charge in [-0.05, 0) is 45.8 Å². The van der Waals surface area contributed by atoms with Gasteiger partial charge >= 0.3 is 11.8 Å². The van der Waals surface area contributed by atoms with Gasteiger partial charge in [0.2, 0.25) is 10.0 Å². The number of anilines is 1. The molecule has 9 heteroatoms. The zero-order valence-corrected chi connectivity index (χ0v) is 16.6. The molecule has 0 spiro atoms. The van der Waals surface area contributed by atoms with E-state index in [9.17, 15) is 18.0 Å². The molecule has 0 aliphatic carbocycles. The Morgan fingerprint density at radius 1 is 1.00 bits per heavy atom. The summed E-state index contributed by atoms with van der Waals surface area (Å²) in [5, 5.41) is 5.00. The van der Waals surface area contributed by atoms with Crippen molar-refractivity contribution in [2.75, 3.05) is 19.4 Å². The fourth-order valence-electron chi connectivity index (χ4n) is 1.99. The number of carbonyl (C=O) groups excluding carboxylic acids is 2. The van der Waals surface area contributed by atoms with Crippen molar-refractivity contribution in [2.24, 2.45) is 0 Å². The summed E-state index contributed by atoms with van der Waals surface area (Å²) in [5.41, 5.74) is 1.16. The molecule has 138 valence electrons. The number of nitrogens with one attached hydrogen (secondary N) is 2. The molecule has 0 radical (unpaired) electrons. The van der Waals surface area contributed by atoms with E-state index in [0.29, 0.717) is 15.7 Å². The van der Waals surface area contributed by atoms with Gasteiger partial charge in [-0.2, -0.15) is 0 Å². The summed E-state index contributed by atoms with van der Waals surface area (Å²) >= 11 is 3.28. The van der Waals surface area contributed by atoms with Gasteiger partial charge in [-0.3, -0.25) is 9.59 Å². The van der Waals surface area contributed by atoms with Crippen LogP contribution in [0.1, 0.15) is 5.56 Å². The predicted octanol–water partition coefficient (Wildman–Crippen LogP) is 1.95. The maximum absolute atomic E-state index is 12.0. The number of rotatable bonds is 5. The van der Waals surface area contributed by atoms with E-state index in [-0.39, 0.29) is 11.4 Å². The molecule has 2 amide bonds. The number of amides is 2. The van der Waals surface area contributed by atoms with Crippen LogP contribution >= 0.6 is 15.9 Å². The Morgan fingerprint density at radius 2 is 1.62 bits per heavy atom. The number of carbonyl (C=O) groups is 2. The Labute approximate surface area is 160 Å². The van der Waals surface area contributed by atoms with Crippen LogP contribution in [-0.4, -0.2) is 38.6 Å². The van der Waals surface area contributed by atoms with Crippen LogP contribution in [0.15, 0.2) is 57.9 Å². The van der Waals surface area contributed by atoms with Crippen molar-refractivity contribution >= 4 is 43.5 Å². The number of benzene rings is 2. The second kappa shape index (κ2) is 8.43. The molecule has 0 aromatic heterocycles. The third kappa shape index (κ3) is 4.90. The summed E-state index contributed by atoms with van der Waals surface area (Å²) in [6.07, 6.45) is 0. The third-order valence-corrected chi connectivity index (χ3v) is 6.00. The first kappa shape index (κ1) is 20.1. The highest BCUT2D eigenvalue weighted by Crippen LogP contribution is 2.21. The quantitative estimate of drug-likeness (QED) is 0.695. The number of hydrogen-bond acceptors (Lipinski definition) is 4. The Balaban J connectivity index is 1.95. The van der Waals surface area contributed by atoms with E-state index in [4.69, 9.17) is 0 Å². The fourth-order valence-corrected chi connectivity index (χ4v) is 3.28. The van der Waals surface area contributed by atoms with Gasteiger partial charge in [0.1, 0.15) is 0 Å². The molecule has 0 aliphatic heterocycles. The summed E-state index contributed by atoms with van der Waals surface area (Å²) < 4.78 is 25.8. The minimum Gasteiger partial charge on any atom is -0.344 e. The van der Waals surface area contributed by atoms with E-state index in [2.05, 4.69) is 26.6 Å². The molecular weight excluding hydrogens is 422 g/mol. The van der Waals surface area contributed by atoms with E-state index in [1.165, 1.54) is 26.2 Å². The van der Waals surface area contributed by atoms with Crippen LogP contribution in [-0.2, 0) is 26.2 Å². The molecule has 2 aromatic carbocycles. The van der Waals surface area contributed by atoms with Crippen molar-refractivity contribution < 1.29 is 18.0 Å². The normalized spacial score (nSPS) is 11.2. The zero-order chi connectivity index (χ0) is 19.3. The molecule has 0 bridgehead atoms. The molecule has 0 heterocycles. The first-order valence-electron chi connectivity index (χ1n) is 7.57. The largest absolute Gasteiger partial charge is 0.344 e. The van der Waals surface area contributed by atoms with E-state index in [1.807, 2.05) is 0 Å². The number of nitrogens with zero attached hydrogens (tertiary/aromatic N) is 1. The van der Waals surface area contributed by atoms with Gasteiger partial charge in [-0.1, -0.05) is 24.3 Å². The summed E-state index contributed by atoms with van der Waals surface area (Å²) in [7, 11) is -0.597. The molecular formula is C17H18BrN3O4S. The van der Waals surface area contributed by atoms with Crippen LogP contribution in [0, 0.1) is 0 Å². The predicted molar refractivity (Wildman–Crippen MR) is 102 cm³/mol. The second-order valence-corrected chi connectivity index (χ2v) is 8.55. The lowest BCUT2D eigenvalue weighted by Crippen LogP contribution is -2.35. The Bertz CT molecular complexity index is 912. The second-order valence-electron chi connectivity index (χ2n) is 5.55. The number of hydrogen-bond donors (Lipinski definition) is 2. The number of sulfonamides is 1. The van der Waals surface area contributed by atoms with Crippen LogP contribution in [0.2, 0.25) is 0 Å². The molecule has 0 aliphatic rings. The van der Waals surface area contributed by atoms with Crippen molar-refractivity contribution in [3.63, 3.8) is 0 Å². The molecule has 0 unspecified atom stereocenters. The first-order valence-corrected chi connectivity index (χ1v) is 9.80. The molecule has 2 N–H and O–H groups in total. The highest BCUT2D eigenvalue weighted by atomic mass is 79.9. The van der Waals surface area contributed by atoms with Crippen LogP contribution < -0.4 is 10.6 Å². The zero-order valence-electron chi connectivity index (χ0n) is 14.2. The monoisotopic (exact) mass is 439 g/mol.